The van der Waals surface area contributed by atoms with Gasteiger partial charge in [0.1, 0.15) is 11.5 Å². The molecule has 3 aromatic rings. The zero-order chi connectivity index (χ0) is 22.7. The summed E-state index contributed by atoms with van der Waals surface area (Å²) in [6, 6.07) is 14.3. The van der Waals surface area contributed by atoms with Gasteiger partial charge in [-0.1, -0.05) is 35.5 Å². The maximum atomic E-state index is 13.2. The number of piperidine rings is 1. The van der Waals surface area contributed by atoms with E-state index in [9.17, 15) is 23.3 Å². The smallest absolute Gasteiger partial charge is 0.269 e. The maximum absolute atomic E-state index is 13.2. The van der Waals surface area contributed by atoms with Crippen LogP contribution in [0, 0.1) is 10.1 Å². The fraction of sp³-hybridized carbons (Fsp3) is 0.190. The van der Waals surface area contributed by atoms with Crippen LogP contribution in [0.4, 0.5) is 5.69 Å². The summed E-state index contributed by atoms with van der Waals surface area (Å²) in [5.41, 5.74) is 1.54. The van der Waals surface area contributed by atoms with Crippen LogP contribution in [0.25, 0.3) is 6.08 Å². The van der Waals surface area contributed by atoms with Crippen LogP contribution in [-0.4, -0.2) is 45.0 Å². The number of hydrogen-bond acceptors (Lipinski definition) is 7. The molecule has 2 aromatic carbocycles. The standard InChI is InChI=1S/C21H19N5O5S/c27-20-10-11-25(32(30,31)21-8-6-18(7-9-21)26(28)29)19(13-20)12-17-15-24(23-22-17)14-16-4-2-1-3-5-16/h1-9,12,15H,10-11,13-14H2. The molecule has 0 aliphatic carbocycles. The number of allylic oxidation sites excluding steroid dienone is 1. The first kappa shape index (κ1) is 21.4. The largest absolute Gasteiger partial charge is 0.299 e. The van der Waals surface area contributed by atoms with E-state index in [-0.39, 0.29) is 41.4 Å². The predicted octanol–water partition coefficient (Wildman–Crippen LogP) is 2.63. The Balaban J connectivity index is 1.62. The Morgan fingerprint density at radius 2 is 1.81 bits per heavy atom. The van der Waals surface area contributed by atoms with Crippen LogP contribution in [0.5, 0.6) is 0 Å². The first-order valence-electron chi connectivity index (χ1n) is 9.76. The van der Waals surface area contributed by atoms with Crippen molar-refractivity contribution in [2.75, 3.05) is 6.54 Å². The van der Waals surface area contributed by atoms with Crippen molar-refractivity contribution in [3.8, 4) is 0 Å². The third-order valence-corrected chi connectivity index (χ3v) is 6.85. The van der Waals surface area contributed by atoms with Crippen LogP contribution in [0.3, 0.4) is 0 Å². The average Bonchev–Trinajstić information content (AvgIpc) is 3.21. The highest BCUT2D eigenvalue weighted by Gasteiger charge is 2.32. The minimum absolute atomic E-state index is 0.0118. The molecule has 0 bridgehead atoms. The van der Waals surface area contributed by atoms with E-state index in [1.54, 1.807) is 10.9 Å². The van der Waals surface area contributed by atoms with Crippen molar-refractivity contribution in [2.45, 2.75) is 24.3 Å². The molecule has 11 heteroatoms. The number of aromatic nitrogens is 3. The molecule has 4 rings (SSSR count). The van der Waals surface area contributed by atoms with E-state index >= 15 is 0 Å². The van der Waals surface area contributed by atoms with Crippen molar-refractivity contribution >= 4 is 27.6 Å². The molecular formula is C21H19N5O5S. The fourth-order valence-corrected chi connectivity index (χ4v) is 4.90. The van der Waals surface area contributed by atoms with Crippen molar-refractivity contribution in [3.63, 3.8) is 0 Å². The Bertz CT molecular complexity index is 1280. The Hall–Kier alpha value is -3.86. The summed E-state index contributed by atoms with van der Waals surface area (Å²) in [4.78, 5) is 22.2. The molecule has 0 unspecified atom stereocenters. The molecule has 0 N–H and O–H groups in total. The molecule has 0 atom stereocenters. The molecule has 10 nitrogen and oxygen atoms in total. The van der Waals surface area contributed by atoms with Crippen LogP contribution < -0.4 is 0 Å². The highest BCUT2D eigenvalue weighted by Crippen LogP contribution is 2.28. The minimum atomic E-state index is -4.00. The number of sulfonamides is 1. The number of nitro benzene ring substituents is 1. The topological polar surface area (TPSA) is 128 Å². The van der Waals surface area contributed by atoms with Gasteiger partial charge in [0, 0.05) is 37.2 Å². The van der Waals surface area contributed by atoms with Gasteiger partial charge in [-0.15, -0.1) is 5.10 Å². The molecule has 0 spiro atoms. The lowest BCUT2D eigenvalue weighted by molar-refractivity contribution is -0.384. The summed E-state index contributed by atoms with van der Waals surface area (Å²) < 4.78 is 29.2. The van der Waals surface area contributed by atoms with Crippen LogP contribution in [0.15, 0.2) is 71.4 Å². The molecule has 0 radical (unpaired) electrons. The second-order valence-electron chi connectivity index (χ2n) is 7.26. The maximum Gasteiger partial charge on any atom is 0.269 e. The van der Waals surface area contributed by atoms with Gasteiger partial charge < -0.3 is 0 Å². The SMILES string of the molecule is O=C1CCN(S(=O)(=O)c2ccc([N+](=O)[O-])cc2)C(=Cc2cn(Cc3ccccc3)nn2)C1. The molecule has 1 aliphatic heterocycles. The van der Waals surface area contributed by atoms with Crippen LogP contribution in [0.1, 0.15) is 24.1 Å². The second kappa shape index (κ2) is 8.71. The molecule has 2 heterocycles. The van der Waals surface area contributed by atoms with E-state index in [0.717, 1.165) is 22.0 Å². The lowest BCUT2D eigenvalue weighted by Crippen LogP contribution is -2.37. The summed E-state index contributed by atoms with van der Waals surface area (Å²) in [6.07, 6.45) is 3.24. The predicted molar refractivity (Wildman–Crippen MR) is 115 cm³/mol. The number of nitrogens with zero attached hydrogens (tertiary/aromatic N) is 5. The number of carbonyl (C=O) groups is 1. The van der Waals surface area contributed by atoms with Crippen molar-refractivity contribution in [3.05, 3.63) is 87.9 Å². The molecule has 1 aromatic heterocycles. The number of carbonyl (C=O) groups excluding carboxylic acids is 1. The fourth-order valence-electron chi connectivity index (χ4n) is 3.41. The van der Waals surface area contributed by atoms with Crippen LogP contribution in [0.2, 0.25) is 0 Å². The Morgan fingerprint density at radius 1 is 1.09 bits per heavy atom. The molecule has 32 heavy (non-hydrogen) atoms. The zero-order valence-corrected chi connectivity index (χ0v) is 17.7. The number of nitro groups is 1. The summed E-state index contributed by atoms with van der Waals surface area (Å²) >= 11 is 0. The Morgan fingerprint density at radius 3 is 2.50 bits per heavy atom. The van der Waals surface area contributed by atoms with Gasteiger partial charge in [0.05, 0.1) is 22.6 Å². The van der Waals surface area contributed by atoms with Gasteiger partial charge in [-0.2, -0.15) is 0 Å². The summed E-state index contributed by atoms with van der Waals surface area (Å²) in [6.45, 7) is 0.489. The molecule has 0 amide bonds. The van der Waals surface area contributed by atoms with Crippen molar-refractivity contribution in [1.29, 1.82) is 0 Å². The normalized spacial score (nSPS) is 15.8. The first-order chi connectivity index (χ1) is 15.3. The Kier molecular flexibility index (Phi) is 5.82. The van der Waals surface area contributed by atoms with E-state index < -0.39 is 14.9 Å². The zero-order valence-electron chi connectivity index (χ0n) is 16.9. The minimum Gasteiger partial charge on any atom is -0.299 e. The van der Waals surface area contributed by atoms with Gasteiger partial charge in [0.15, 0.2) is 0 Å². The number of hydrogen-bond donors (Lipinski definition) is 0. The summed E-state index contributed by atoms with van der Waals surface area (Å²) in [7, 11) is -4.00. The highest BCUT2D eigenvalue weighted by atomic mass is 32.2. The highest BCUT2D eigenvalue weighted by molar-refractivity contribution is 7.89. The number of ketones is 1. The summed E-state index contributed by atoms with van der Waals surface area (Å²) in [5.74, 6) is -0.0805. The molecule has 0 saturated carbocycles. The van der Waals surface area contributed by atoms with E-state index in [4.69, 9.17) is 0 Å². The third kappa shape index (κ3) is 4.57. The lowest BCUT2D eigenvalue weighted by Gasteiger charge is -2.30. The second-order valence-corrected chi connectivity index (χ2v) is 9.12. The van der Waals surface area contributed by atoms with Crippen molar-refractivity contribution in [1.82, 2.24) is 19.3 Å². The number of non-ortho nitro benzene ring substituents is 1. The van der Waals surface area contributed by atoms with E-state index in [1.807, 2.05) is 30.3 Å². The van der Waals surface area contributed by atoms with Gasteiger partial charge in [0.25, 0.3) is 15.7 Å². The van der Waals surface area contributed by atoms with Crippen molar-refractivity contribution < 1.29 is 18.1 Å². The van der Waals surface area contributed by atoms with E-state index in [0.29, 0.717) is 12.2 Å². The van der Waals surface area contributed by atoms with E-state index in [2.05, 4.69) is 10.3 Å². The molecule has 164 valence electrons. The van der Waals surface area contributed by atoms with E-state index in [1.165, 1.54) is 18.2 Å². The summed E-state index contributed by atoms with van der Waals surface area (Å²) in [5, 5.41) is 19.0. The van der Waals surface area contributed by atoms with Gasteiger partial charge in [0.2, 0.25) is 0 Å². The van der Waals surface area contributed by atoms with Gasteiger partial charge in [-0.05, 0) is 23.8 Å². The monoisotopic (exact) mass is 453 g/mol. The molecule has 1 saturated heterocycles. The van der Waals surface area contributed by atoms with Crippen LogP contribution in [-0.2, 0) is 21.4 Å². The first-order valence-corrected chi connectivity index (χ1v) is 11.2. The quantitative estimate of drug-likeness (QED) is 0.414. The van der Waals surface area contributed by atoms with Gasteiger partial charge in [-0.25, -0.2) is 13.1 Å². The molecule has 1 fully saturated rings. The molecule has 1 aliphatic rings. The number of benzene rings is 2. The third-order valence-electron chi connectivity index (χ3n) is 4.99. The Labute approximate surface area is 184 Å². The lowest BCUT2D eigenvalue weighted by atomic mass is 10.1. The number of rotatable bonds is 6. The van der Waals surface area contributed by atoms with Crippen molar-refractivity contribution in [2.24, 2.45) is 0 Å². The average molecular weight is 453 g/mol. The van der Waals surface area contributed by atoms with Crippen LogP contribution >= 0.6 is 0 Å². The molecular weight excluding hydrogens is 434 g/mol. The van der Waals surface area contributed by atoms with Gasteiger partial charge in [-0.3, -0.25) is 19.2 Å². The number of Topliss-reactive ketones (excluding diaryl/α,β-unsaturated/α-hetero) is 1. The van der Waals surface area contributed by atoms with Gasteiger partial charge >= 0.3 is 0 Å².